The lowest BCUT2D eigenvalue weighted by atomic mass is 10.3. The Morgan fingerprint density at radius 2 is 2.25 bits per heavy atom. The fraction of sp³-hybridized carbons (Fsp3) is 0.0909. The van der Waals surface area contributed by atoms with Gasteiger partial charge >= 0.3 is 5.97 Å². The van der Waals surface area contributed by atoms with Crippen molar-refractivity contribution in [1.29, 1.82) is 0 Å². The first-order chi connectivity index (χ1) is 9.47. The Bertz CT molecular complexity index is 669. The smallest absolute Gasteiger partial charge is 0.358 e. The van der Waals surface area contributed by atoms with Crippen LogP contribution in [0.5, 0.6) is 5.75 Å². The number of rotatable bonds is 5. The Hall–Kier alpha value is -2.42. The van der Waals surface area contributed by atoms with E-state index in [4.69, 9.17) is 14.4 Å². The molecule has 0 saturated carbocycles. The molecule has 20 heavy (non-hydrogen) atoms. The van der Waals surface area contributed by atoms with E-state index in [1.54, 1.807) is 0 Å². The Kier molecular flexibility index (Phi) is 3.99. The molecule has 0 fully saturated rings. The van der Waals surface area contributed by atoms with Gasteiger partial charge in [0.15, 0.2) is 11.5 Å². The Morgan fingerprint density at radius 1 is 1.50 bits per heavy atom. The van der Waals surface area contributed by atoms with Crippen LogP contribution in [0.4, 0.5) is 5.69 Å². The highest BCUT2D eigenvalue weighted by Gasteiger charge is 2.13. The molecule has 0 aliphatic heterocycles. The van der Waals surface area contributed by atoms with Gasteiger partial charge in [-0.1, -0.05) is 5.16 Å². The second kappa shape index (κ2) is 5.70. The number of halogens is 1. The van der Waals surface area contributed by atoms with E-state index >= 15 is 0 Å². The lowest BCUT2D eigenvalue weighted by molar-refractivity contribution is -0.385. The summed E-state index contributed by atoms with van der Waals surface area (Å²) in [7, 11) is 0. The summed E-state index contributed by atoms with van der Waals surface area (Å²) in [4.78, 5) is 20.7. The van der Waals surface area contributed by atoms with Crippen LogP contribution in [0, 0.1) is 10.1 Å². The summed E-state index contributed by atoms with van der Waals surface area (Å²) in [5.74, 6) is -0.773. The highest BCUT2D eigenvalue weighted by atomic mass is 79.9. The molecule has 1 N–H and O–H groups in total. The fourth-order valence-electron chi connectivity index (χ4n) is 1.35. The van der Waals surface area contributed by atoms with E-state index in [1.165, 1.54) is 24.3 Å². The topological polar surface area (TPSA) is 116 Å². The highest BCUT2D eigenvalue weighted by Crippen LogP contribution is 2.29. The number of ether oxygens (including phenoxy) is 1. The molecule has 0 aliphatic rings. The third-order valence-electron chi connectivity index (χ3n) is 2.27. The summed E-state index contributed by atoms with van der Waals surface area (Å²) < 4.78 is 10.6. The summed E-state index contributed by atoms with van der Waals surface area (Å²) in [5, 5.41) is 22.7. The number of aromatic nitrogens is 1. The third kappa shape index (κ3) is 3.12. The van der Waals surface area contributed by atoms with Gasteiger partial charge in [0.25, 0.3) is 5.69 Å². The summed E-state index contributed by atoms with van der Waals surface area (Å²) in [6.07, 6.45) is 0. The molecule has 0 atom stereocenters. The highest BCUT2D eigenvalue weighted by molar-refractivity contribution is 9.10. The number of nitro groups is 1. The van der Waals surface area contributed by atoms with Crippen LogP contribution in [0.3, 0.4) is 0 Å². The van der Waals surface area contributed by atoms with Crippen molar-refractivity contribution in [3.63, 3.8) is 0 Å². The maximum Gasteiger partial charge on any atom is 0.358 e. The number of non-ortho nitro benzene ring substituents is 1. The van der Waals surface area contributed by atoms with Gasteiger partial charge in [-0.3, -0.25) is 10.1 Å². The van der Waals surface area contributed by atoms with Crippen molar-refractivity contribution in [3.8, 4) is 5.75 Å². The SMILES string of the molecule is O=C(O)c1cc(COc2cc([N+](=O)[O-])ccc2Br)on1. The maximum absolute atomic E-state index is 10.7. The third-order valence-corrected chi connectivity index (χ3v) is 2.93. The van der Waals surface area contributed by atoms with Gasteiger partial charge < -0.3 is 14.4 Å². The normalized spacial score (nSPS) is 10.2. The van der Waals surface area contributed by atoms with Gasteiger partial charge in [0.1, 0.15) is 12.4 Å². The van der Waals surface area contributed by atoms with Crippen molar-refractivity contribution in [1.82, 2.24) is 5.16 Å². The quantitative estimate of drug-likeness (QED) is 0.655. The molecule has 0 saturated heterocycles. The molecule has 0 aliphatic carbocycles. The molecule has 0 spiro atoms. The average Bonchev–Trinajstić information content (AvgIpc) is 2.86. The summed E-state index contributed by atoms with van der Waals surface area (Å²) in [6.45, 7) is -0.0972. The zero-order valence-corrected chi connectivity index (χ0v) is 11.4. The summed E-state index contributed by atoms with van der Waals surface area (Å²) in [6, 6.07) is 5.27. The van der Waals surface area contributed by atoms with Gasteiger partial charge in [-0.2, -0.15) is 0 Å². The Labute approximate surface area is 120 Å². The van der Waals surface area contributed by atoms with E-state index in [9.17, 15) is 14.9 Å². The predicted molar refractivity (Wildman–Crippen MR) is 68.6 cm³/mol. The molecule has 0 amide bonds. The van der Waals surface area contributed by atoms with Crippen molar-refractivity contribution in [2.75, 3.05) is 0 Å². The number of nitro benzene ring substituents is 1. The van der Waals surface area contributed by atoms with Gasteiger partial charge in [-0.25, -0.2) is 4.79 Å². The first kappa shape index (κ1) is 14.0. The van der Waals surface area contributed by atoms with Gasteiger partial charge in [-0.15, -0.1) is 0 Å². The second-order valence-corrected chi connectivity index (χ2v) is 4.50. The standard InChI is InChI=1S/C11H7BrN2O6/c12-8-2-1-6(14(17)18)3-10(8)19-5-7-4-9(11(15)16)13-20-7/h1-4H,5H2,(H,15,16). The molecular weight excluding hydrogens is 336 g/mol. The van der Waals surface area contributed by atoms with Gasteiger partial charge in [0.05, 0.1) is 15.5 Å². The number of carbonyl (C=O) groups is 1. The Balaban J connectivity index is 2.11. The monoisotopic (exact) mass is 342 g/mol. The average molecular weight is 343 g/mol. The molecule has 1 heterocycles. The molecule has 1 aromatic heterocycles. The van der Waals surface area contributed by atoms with Crippen molar-refractivity contribution < 1.29 is 24.1 Å². The molecule has 0 bridgehead atoms. The van der Waals surface area contributed by atoms with Crippen LogP contribution in [-0.4, -0.2) is 21.2 Å². The molecule has 8 nitrogen and oxygen atoms in total. The number of carboxylic acid groups (broad SMARTS) is 1. The fourth-order valence-corrected chi connectivity index (χ4v) is 1.71. The molecule has 2 aromatic rings. The number of carboxylic acids is 1. The molecular formula is C11H7BrN2O6. The number of hydrogen-bond donors (Lipinski definition) is 1. The predicted octanol–water partition coefficient (Wildman–Crippen LogP) is 2.62. The number of hydrogen-bond acceptors (Lipinski definition) is 6. The first-order valence-electron chi connectivity index (χ1n) is 5.23. The van der Waals surface area contributed by atoms with Crippen LogP contribution in [0.15, 0.2) is 33.3 Å². The molecule has 9 heteroatoms. The van der Waals surface area contributed by atoms with Crippen LogP contribution in [0.2, 0.25) is 0 Å². The molecule has 2 rings (SSSR count). The van der Waals surface area contributed by atoms with Crippen molar-refractivity contribution in [2.45, 2.75) is 6.61 Å². The molecule has 1 aromatic carbocycles. The van der Waals surface area contributed by atoms with E-state index in [2.05, 4.69) is 21.1 Å². The van der Waals surface area contributed by atoms with Crippen molar-refractivity contribution in [2.24, 2.45) is 0 Å². The zero-order valence-electron chi connectivity index (χ0n) is 9.78. The van der Waals surface area contributed by atoms with E-state index in [0.717, 1.165) is 0 Å². The van der Waals surface area contributed by atoms with Gasteiger partial charge in [0.2, 0.25) is 0 Å². The summed E-state index contributed by atoms with van der Waals surface area (Å²) >= 11 is 3.19. The summed E-state index contributed by atoms with van der Waals surface area (Å²) in [5.41, 5.74) is -0.353. The van der Waals surface area contributed by atoms with E-state index in [1.807, 2.05) is 0 Å². The minimum Gasteiger partial charge on any atom is -0.484 e. The molecule has 104 valence electrons. The second-order valence-electron chi connectivity index (χ2n) is 3.64. The molecule has 0 radical (unpaired) electrons. The minimum absolute atomic E-state index is 0.0972. The minimum atomic E-state index is -1.21. The van der Waals surface area contributed by atoms with Gasteiger partial charge in [0, 0.05) is 12.1 Å². The van der Waals surface area contributed by atoms with Crippen LogP contribution in [0.1, 0.15) is 16.2 Å². The Morgan fingerprint density at radius 3 is 2.85 bits per heavy atom. The van der Waals surface area contributed by atoms with Crippen LogP contribution in [-0.2, 0) is 6.61 Å². The van der Waals surface area contributed by atoms with Crippen molar-refractivity contribution >= 4 is 27.6 Å². The zero-order chi connectivity index (χ0) is 14.7. The van der Waals surface area contributed by atoms with Gasteiger partial charge in [-0.05, 0) is 22.0 Å². The number of nitrogens with zero attached hydrogens (tertiary/aromatic N) is 2. The lowest BCUT2D eigenvalue weighted by Gasteiger charge is -2.05. The van der Waals surface area contributed by atoms with Crippen LogP contribution in [0.25, 0.3) is 0 Å². The van der Waals surface area contributed by atoms with E-state index < -0.39 is 10.9 Å². The number of benzene rings is 1. The number of aromatic carboxylic acids is 1. The maximum atomic E-state index is 10.7. The lowest BCUT2D eigenvalue weighted by Crippen LogP contribution is -1.97. The molecule has 0 unspecified atom stereocenters. The van der Waals surface area contributed by atoms with E-state index in [0.29, 0.717) is 4.47 Å². The van der Waals surface area contributed by atoms with Crippen molar-refractivity contribution in [3.05, 3.63) is 50.3 Å². The van der Waals surface area contributed by atoms with E-state index in [-0.39, 0.29) is 29.5 Å². The van der Waals surface area contributed by atoms with Crippen LogP contribution < -0.4 is 4.74 Å². The largest absolute Gasteiger partial charge is 0.484 e. The van der Waals surface area contributed by atoms with Crippen LogP contribution >= 0.6 is 15.9 Å². The first-order valence-corrected chi connectivity index (χ1v) is 6.02.